The van der Waals surface area contributed by atoms with Crippen LogP contribution in [0, 0.1) is 5.92 Å². The third-order valence-corrected chi connectivity index (χ3v) is 5.11. The Morgan fingerprint density at radius 2 is 1.68 bits per heavy atom. The summed E-state index contributed by atoms with van der Waals surface area (Å²) < 4.78 is 61.5. The van der Waals surface area contributed by atoms with Gasteiger partial charge in [0.15, 0.2) is 0 Å². The van der Waals surface area contributed by atoms with Crippen LogP contribution in [0.4, 0.5) is 0 Å². The fraction of sp³-hybridized carbons (Fsp3) is 0.818. The molecule has 0 spiro atoms. The number of unbranched alkanes of at least 4 members (excludes halogenated alkanes) is 3. The van der Waals surface area contributed by atoms with Gasteiger partial charge in [-0.05, 0) is 18.8 Å². The zero-order valence-corrected chi connectivity index (χ0v) is 12.8. The molecule has 8 heteroatoms. The average Bonchev–Trinajstić information content (AvgIpc) is 2.22. The van der Waals surface area contributed by atoms with E-state index in [0.717, 1.165) is 25.7 Å². The summed E-state index contributed by atoms with van der Waals surface area (Å²) in [5, 5.41) is -1.55. The van der Waals surface area contributed by atoms with Crippen molar-refractivity contribution in [2.45, 2.75) is 44.8 Å². The van der Waals surface area contributed by atoms with E-state index >= 15 is 0 Å². The van der Waals surface area contributed by atoms with Gasteiger partial charge in [0.25, 0.3) is 20.2 Å². The van der Waals surface area contributed by atoms with Crippen molar-refractivity contribution in [2.75, 3.05) is 5.75 Å². The molecule has 6 nitrogen and oxygen atoms in total. The van der Waals surface area contributed by atoms with Crippen LogP contribution in [-0.4, -0.2) is 36.9 Å². The highest BCUT2D eigenvalue weighted by Crippen LogP contribution is 2.16. The molecule has 0 heterocycles. The quantitative estimate of drug-likeness (QED) is 0.382. The van der Waals surface area contributed by atoms with Crippen LogP contribution < -0.4 is 0 Å². The summed E-state index contributed by atoms with van der Waals surface area (Å²) in [6.45, 7) is 3.55. The van der Waals surface area contributed by atoms with E-state index in [0.29, 0.717) is 0 Å². The van der Waals surface area contributed by atoms with Crippen molar-refractivity contribution in [2.24, 2.45) is 5.92 Å². The lowest BCUT2D eigenvalue weighted by Crippen LogP contribution is -2.34. The Balaban J connectivity index is 4.70. The maximum absolute atomic E-state index is 11.1. The smallest absolute Gasteiger partial charge is 0.269 e. The zero-order valence-electron chi connectivity index (χ0n) is 11.2. The molecule has 2 N–H and O–H groups in total. The van der Waals surface area contributed by atoms with Gasteiger partial charge in [-0.25, -0.2) is 0 Å². The van der Waals surface area contributed by atoms with Crippen molar-refractivity contribution in [3.63, 3.8) is 0 Å². The Kier molecular flexibility index (Phi) is 7.80. The predicted octanol–water partition coefficient (Wildman–Crippen LogP) is 1.90. The Bertz CT molecular complexity index is 477. The summed E-state index contributed by atoms with van der Waals surface area (Å²) in [5.74, 6) is -1.70. The number of hydrogen-bond acceptors (Lipinski definition) is 4. The molecular formula is C11H22O6S2. The van der Waals surface area contributed by atoms with Crippen LogP contribution in [0.5, 0.6) is 0 Å². The molecule has 2 unspecified atom stereocenters. The minimum absolute atomic E-state index is 0.696. The lowest BCUT2D eigenvalue weighted by atomic mass is 10.1. The van der Waals surface area contributed by atoms with Gasteiger partial charge in [0.2, 0.25) is 0 Å². The van der Waals surface area contributed by atoms with Crippen LogP contribution >= 0.6 is 0 Å². The highest BCUT2D eigenvalue weighted by molar-refractivity contribution is 7.90. The molecule has 0 aromatic rings. The van der Waals surface area contributed by atoms with Gasteiger partial charge in [0, 0.05) is 0 Å². The molecule has 19 heavy (non-hydrogen) atoms. The van der Waals surface area contributed by atoms with Crippen LogP contribution in [-0.2, 0) is 20.2 Å². The normalized spacial score (nSPS) is 16.6. The molecule has 2 atom stereocenters. The van der Waals surface area contributed by atoms with Crippen molar-refractivity contribution in [1.29, 1.82) is 0 Å². The van der Waals surface area contributed by atoms with Gasteiger partial charge in [-0.1, -0.05) is 38.8 Å². The molecular weight excluding hydrogens is 292 g/mol. The maximum Gasteiger partial charge on any atom is 0.269 e. The first-order chi connectivity index (χ1) is 8.58. The Morgan fingerprint density at radius 1 is 1.11 bits per heavy atom. The molecule has 0 aromatic heterocycles. The van der Waals surface area contributed by atoms with E-state index in [1.165, 1.54) is 6.92 Å². The Hall–Kier alpha value is -0.440. The lowest BCUT2D eigenvalue weighted by molar-refractivity contribution is 0.444. The minimum atomic E-state index is -4.54. The van der Waals surface area contributed by atoms with Gasteiger partial charge < -0.3 is 0 Å². The van der Waals surface area contributed by atoms with Gasteiger partial charge in [0.05, 0.1) is 5.75 Å². The second-order valence-electron chi connectivity index (χ2n) is 4.59. The molecule has 0 aliphatic carbocycles. The van der Waals surface area contributed by atoms with Crippen LogP contribution in [0.3, 0.4) is 0 Å². The van der Waals surface area contributed by atoms with Crippen molar-refractivity contribution >= 4 is 20.2 Å². The summed E-state index contributed by atoms with van der Waals surface area (Å²) in [6, 6.07) is 0. The first-order valence-corrected chi connectivity index (χ1v) is 9.27. The second kappa shape index (κ2) is 7.98. The van der Waals surface area contributed by atoms with E-state index in [1.807, 2.05) is 0 Å². The number of allylic oxidation sites excluding steroid dienone is 2. The van der Waals surface area contributed by atoms with Crippen molar-refractivity contribution in [3.8, 4) is 0 Å². The molecule has 0 aromatic carbocycles. The van der Waals surface area contributed by atoms with E-state index in [9.17, 15) is 16.8 Å². The zero-order chi connectivity index (χ0) is 15.1. The highest BCUT2D eigenvalue weighted by Gasteiger charge is 2.32. The second-order valence-corrected chi connectivity index (χ2v) is 7.72. The number of rotatable bonds is 9. The monoisotopic (exact) mass is 314 g/mol. The Labute approximate surface area is 115 Å². The fourth-order valence-corrected chi connectivity index (χ4v) is 4.22. The summed E-state index contributed by atoms with van der Waals surface area (Å²) >= 11 is 0. The first-order valence-electron chi connectivity index (χ1n) is 6.16. The molecule has 114 valence electrons. The average molecular weight is 314 g/mol. The van der Waals surface area contributed by atoms with Crippen LogP contribution in [0.15, 0.2) is 12.2 Å². The van der Waals surface area contributed by atoms with Gasteiger partial charge in [0.1, 0.15) is 5.25 Å². The van der Waals surface area contributed by atoms with E-state index in [-0.39, 0.29) is 0 Å². The van der Waals surface area contributed by atoms with Crippen LogP contribution in [0.1, 0.15) is 39.5 Å². The summed E-state index contributed by atoms with van der Waals surface area (Å²) in [7, 11) is -9.00. The molecule has 0 saturated carbocycles. The summed E-state index contributed by atoms with van der Waals surface area (Å²) in [4.78, 5) is 0. The highest BCUT2D eigenvalue weighted by atomic mass is 32.2. The van der Waals surface area contributed by atoms with Crippen molar-refractivity contribution < 1.29 is 25.9 Å². The minimum Gasteiger partial charge on any atom is -0.286 e. The molecule has 0 aliphatic heterocycles. The molecule has 0 fully saturated rings. The first kappa shape index (κ1) is 18.6. The largest absolute Gasteiger partial charge is 0.286 e. The predicted molar refractivity (Wildman–Crippen MR) is 74.2 cm³/mol. The standard InChI is InChI=1S/C11H22O6S2/c1-3-4-5-6-7-8-10(2)11(19(15,16)17)9-18(12,13)14/h7-8,10-11H,3-6,9H2,1-2H3,(H,12,13,14)(H,15,16,17)/b8-7+. The molecule has 0 radical (unpaired) electrons. The molecule has 0 saturated heterocycles. The molecule has 0 bridgehead atoms. The fourth-order valence-electron chi connectivity index (χ4n) is 1.66. The van der Waals surface area contributed by atoms with E-state index in [2.05, 4.69) is 6.92 Å². The van der Waals surface area contributed by atoms with E-state index in [4.69, 9.17) is 9.11 Å². The van der Waals surface area contributed by atoms with Gasteiger partial charge in [-0.3, -0.25) is 9.11 Å². The Morgan fingerprint density at radius 3 is 2.11 bits per heavy atom. The van der Waals surface area contributed by atoms with Crippen LogP contribution in [0.25, 0.3) is 0 Å². The summed E-state index contributed by atoms with van der Waals surface area (Å²) in [6.07, 6.45) is 7.18. The maximum atomic E-state index is 11.1. The summed E-state index contributed by atoms with van der Waals surface area (Å²) in [5.41, 5.74) is 0. The van der Waals surface area contributed by atoms with Gasteiger partial charge >= 0.3 is 0 Å². The number of hydrogen-bond donors (Lipinski definition) is 2. The van der Waals surface area contributed by atoms with Gasteiger partial charge in [-0.2, -0.15) is 16.8 Å². The molecule has 0 rings (SSSR count). The topological polar surface area (TPSA) is 109 Å². The van der Waals surface area contributed by atoms with Crippen LogP contribution in [0.2, 0.25) is 0 Å². The SMILES string of the molecule is CCCCC/C=C/C(C)C(CS(=O)(=O)O)S(=O)(=O)O. The van der Waals surface area contributed by atoms with E-state index < -0.39 is 37.2 Å². The lowest BCUT2D eigenvalue weighted by Gasteiger charge is -2.16. The molecule has 0 aliphatic rings. The van der Waals surface area contributed by atoms with E-state index in [1.54, 1.807) is 12.2 Å². The molecule has 0 amide bonds. The van der Waals surface area contributed by atoms with Crippen molar-refractivity contribution in [1.82, 2.24) is 0 Å². The van der Waals surface area contributed by atoms with Crippen molar-refractivity contribution in [3.05, 3.63) is 12.2 Å². The third-order valence-electron chi connectivity index (χ3n) is 2.76. The third kappa shape index (κ3) is 9.15. The van der Waals surface area contributed by atoms with Gasteiger partial charge in [-0.15, -0.1) is 0 Å².